The Balaban J connectivity index is 2.60. The molecular weight excluding hydrogens is 280 g/mol. The van der Waals surface area contributed by atoms with Gasteiger partial charge in [-0.3, -0.25) is 4.79 Å². The molecule has 1 aromatic carbocycles. The highest BCUT2D eigenvalue weighted by atomic mass is 16.4. The van der Waals surface area contributed by atoms with Crippen molar-refractivity contribution >= 4 is 12.0 Å². The molecule has 2 N–H and O–H groups in total. The molecule has 0 fully saturated rings. The van der Waals surface area contributed by atoms with E-state index in [0.29, 0.717) is 19.4 Å². The van der Waals surface area contributed by atoms with Gasteiger partial charge in [0.1, 0.15) is 6.04 Å². The summed E-state index contributed by atoms with van der Waals surface area (Å²) in [6.45, 7) is 4.24. The lowest BCUT2D eigenvalue weighted by Crippen LogP contribution is -2.47. The zero-order valence-electron chi connectivity index (χ0n) is 13.0. The molecule has 0 aliphatic heterocycles. The summed E-state index contributed by atoms with van der Waals surface area (Å²) in [5.41, 5.74) is 1.08. The maximum absolute atomic E-state index is 12.4. The SMILES string of the molecule is C=CCCCN(C)C(=O)C(CCc1ccccc1)NC(=O)O. The van der Waals surface area contributed by atoms with Crippen molar-refractivity contribution in [3.63, 3.8) is 0 Å². The number of nitrogens with one attached hydrogen (secondary N) is 1. The molecule has 5 nitrogen and oxygen atoms in total. The maximum atomic E-state index is 12.4. The van der Waals surface area contributed by atoms with Crippen LogP contribution in [-0.2, 0) is 11.2 Å². The second-order valence-electron chi connectivity index (χ2n) is 5.22. The predicted molar refractivity (Wildman–Crippen MR) is 86.8 cm³/mol. The van der Waals surface area contributed by atoms with Gasteiger partial charge in [0.2, 0.25) is 5.91 Å². The number of benzene rings is 1. The van der Waals surface area contributed by atoms with Crippen LogP contribution in [0, 0.1) is 0 Å². The molecule has 0 saturated carbocycles. The molecule has 0 saturated heterocycles. The molecule has 120 valence electrons. The highest BCUT2D eigenvalue weighted by Crippen LogP contribution is 2.08. The Bertz CT molecular complexity index is 488. The molecule has 1 aromatic rings. The highest BCUT2D eigenvalue weighted by molar-refractivity contribution is 5.85. The Morgan fingerprint density at radius 1 is 1.36 bits per heavy atom. The van der Waals surface area contributed by atoms with Gasteiger partial charge >= 0.3 is 6.09 Å². The maximum Gasteiger partial charge on any atom is 0.405 e. The van der Waals surface area contributed by atoms with Crippen LogP contribution in [0.3, 0.4) is 0 Å². The van der Waals surface area contributed by atoms with Crippen molar-refractivity contribution in [3.05, 3.63) is 48.6 Å². The third kappa shape index (κ3) is 6.43. The van der Waals surface area contributed by atoms with Crippen LogP contribution in [0.4, 0.5) is 4.79 Å². The van der Waals surface area contributed by atoms with Crippen LogP contribution in [0.1, 0.15) is 24.8 Å². The van der Waals surface area contributed by atoms with Crippen molar-refractivity contribution in [2.75, 3.05) is 13.6 Å². The monoisotopic (exact) mass is 304 g/mol. The van der Waals surface area contributed by atoms with Gasteiger partial charge < -0.3 is 15.3 Å². The van der Waals surface area contributed by atoms with Crippen LogP contribution in [0.2, 0.25) is 0 Å². The van der Waals surface area contributed by atoms with Gasteiger partial charge in [-0.25, -0.2) is 4.79 Å². The molecule has 0 aliphatic rings. The molecule has 0 heterocycles. The van der Waals surface area contributed by atoms with Gasteiger partial charge in [0.05, 0.1) is 0 Å². The first-order valence-corrected chi connectivity index (χ1v) is 7.44. The van der Waals surface area contributed by atoms with Crippen molar-refractivity contribution < 1.29 is 14.7 Å². The summed E-state index contributed by atoms with van der Waals surface area (Å²) in [5, 5.41) is 11.3. The fourth-order valence-electron chi connectivity index (χ4n) is 2.21. The van der Waals surface area contributed by atoms with Crippen LogP contribution >= 0.6 is 0 Å². The number of hydrogen-bond donors (Lipinski definition) is 2. The number of unbranched alkanes of at least 4 members (excludes halogenated alkanes) is 1. The molecule has 0 aromatic heterocycles. The van der Waals surface area contributed by atoms with Crippen molar-refractivity contribution in [2.24, 2.45) is 0 Å². The number of likely N-dealkylation sites (N-methyl/N-ethyl adjacent to an activating group) is 1. The van der Waals surface area contributed by atoms with Gasteiger partial charge in [-0.1, -0.05) is 36.4 Å². The minimum atomic E-state index is -1.18. The summed E-state index contributed by atoms with van der Waals surface area (Å²) in [6.07, 6.45) is 3.38. The standard InChI is InChI=1S/C17H24N2O3/c1-3-4-8-13-19(2)16(20)15(18-17(21)22)12-11-14-9-6-5-7-10-14/h3,5-7,9-10,15,18H,1,4,8,11-13H2,2H3,(H,21,22). The quantitative estimate of drug-likeness (QED) is 0.544. The van der Waals surface area contributed by atoms with Gasteiger partial charge in [0.15, 0.2) is 0 Å². The smallest absolute Gasteiger partial charge is 0.405 e. The van der Waals surface area contributed by atoms with Gasteiger partial charge in [0, 0.05) is 13.6 Å². The minimum Gasteiger partial charge on any atom is -0.465 e. The zero-order chi connectivity index (χ0) is 16.4. The first-order chi connectivity index (χ1) is 10.5. The van der Waals surface area contributed by atoms with E-state index >= 15 is 0 Å². The molecule has 2 amide bonds. The van der Waals surface area contributed by atoms with Crippen LogP contribution < -0.4 is 5.32 Å². The number of aryl methyl sites for hydroxylation is 1. The molecule has 0 spiro atoms. The van der Waals surface area contributed by atoms with Crippen LogP contribution in [0.15, 0.2) is 43.0 Å². The van der Waals surface area contributed by atoms with E-state index in [2.05, 4.69) is 11.9 Å². The van der Waals surface area contributed by atoms with E-state index < -0.39 is 12.1 Å². The van der Waals surface area contributed by atoms with E-state index in [4.69, 9.17) is 5.11 Å². The molecule has 1 atom stereocenters. The number of nitrogens with zero attached hydrogens (tertiary/aromatic N) is 1. The lowest BCUT2D eigenvalue weighted by atomic mass is 10.0. The van der Waals surface area contributed by atoms with Gasteiger partial charge in [-0.15, -0.1) is 6.58 Å². The fraction of sp³-hybridized carbons (Fsp3) is 0.412. The molecule has 5 heteroatoms. The molecule has 22 heavy (non-hydrogen) atoms. The van der Waals surface area contributed by atoms with Crippen molar-refractivity contribution in [2.45, 2.75) is 31.7 Å². The van der Waals surface area contributed by atoms with E-state index in [1.54, 1.807) is 18.0 Å². The molecule has 0 aliphatic carbocycles. The average Bonchev–Trinajstić information content (AvgIpc) is 2.51. The third-order valence-electron chi connectivity index (χ3n) is 3.44. The van der Waals surface area contributed by atoms with Crippen molar-refractivity contribution in [1.29, 1.82) is 0 Å². The van der Waals surface area contributed by atoms with Crippen LogP contribution in [0.25, 0.3) is 0 Å². The number of hydrogen-bond acceptors (Lipinski definition) is 2. The summed E-state index contributed by atoms with van der Waals surface area (Å²) >= 11 is 0. The number of rotatable bonds is 9. The molecular formula is C17H24N2O3. The lowest BCUT2D eigenvalue weighted by Gasteiger charge is -2.23. The molecule has 0 radical (unpaired) electrons. The Morgan fingerprint density at radius 3 is 2.64 bits per heavy atom. The van der Waals surface area contributed by atoms with E-state index in [1.165, 1.54) is 0 Å². The second kappa shape index (κ2) is 9.60. The van der Waals surface area contributed by atoms with Gasteiger partial charge in [-0.2, -0.15) is 0 Å². The number of carboxylic acid groups (broad SMARTS) is 1. The Morgan fingerprint density at radius 2 is 2.05 bits per heavy atom. The normalized spacial score (nSPS) is 11.5. The number of allylic oxidation sites excluding steroid dienone is 1. The second-order valence-corrected chi connectivity index (χ2v) is 5.22. The first-order valence-electron chi connectivity index (χ1n) is 7.44. The molecule has 1 rings (SSSR count). The van der Waals surface area contributed by atoms with E-state index in [1.807, 2.05) is 30.3 Å². The largest absolute Gasteiger partial charge is 0.465 e. The average molecular weight is 304 g/mol. The van der Waals surface area contributed by atoms with E-state index in [0.717, 1.165) is 18.4 Å². The van der Waals surface area contributed by atoms with Crippen LogP contribution in [-0.4, -0.2) is 41.6 Å². The topological polar surface area (TPSA) is 69.6 Å². The fourth-order valence-corrected chi connectivity index (χ4v) is 2.21. The summed E-state index contributed by atoms with van der Waals surface area (Å²) in [4.78, 5) is 24.9. The number of carbonyl (C=O) groups is 2. The summed E-state index contributed by atoms with van der Waals surface area (Å²) in [5.74, 6) is -0.192. The highest BCUT2D eigenvalue weighted by Gasteiger charge is 2.23. The summed E-state index contributed by atoms with van der Waals surface area (Å²) in [7, 11) is 1.70. The van der Waals surface area contributed by atoms with Crippen molar-refractivity contribution in [3.8, 4) is 0 Å². The summed E-state index contributed by atoms with van der Waals surface area (Å²) < 4.78 is 0. The predicted octanol–water partition coefficient (Wildman–Crippen LogP) is 2.68. The summed E-state index contributed by atoms with van der Waals surface area (Å²) in [6, 6.07) is 9.00. The lowest BCUT2D eigenvalue weighted by molar-refractivity contribution is -0.132. The number of carbonyl (C=O) groups excluding carboxylic acids is 1. The third-order valence-corrected chi connectivity index (χ3v) is 3.44. The van der Waals surface area contributed by atoms with E-state index in [9.17, 15) is 9.59 Å². The minimum absolute atomic E-state index is 0.192. The Hall–Kier alpha value is -2.30. The Labute approximate surface area is 131 Å². The molecule has 0 bridgehead atoms. The number of amides is 2. The van der Waals surface area contributed by atoms with Crippen molar-refractivity contribution in [1.82, 2.24) is 10.2 Å². The van der Waals surface area contributed by atoms with Gasteiger partial charge in [0.25, 0.3) is 0 Å². The Kier molecular flexibility index (Phi) is 7.75. The first kappa shape index (κ1) is 17.8. The molecule has 1 unspecified atom stereocenters. The van der Waals surface area contributed by atoms with E-state index in [-0.39, 0.29) is 5.91 Å². The zero-order valence-corrected chi connectivity index (χ0v) is 13.0. The van der Waals surface area contributed by atoms with Crippen LogP contribution in [0.5, 0.6) is 0 Å². The van der Waals surface area contributed by atoms with Gasteiger partial charge in [-0.05, 0) is 31.2 Å².